The molecule has 6 rings (SSSR count). The summed E-state index contributed by atoms with van der Waals surface area (Å²) in [4.78, 5) is 15.7. The summed E-state index contributed by atoms with van der Waals surface area (Å²) in [5.41, 5.74) is 3.14. The smallest absolute Gasteiger partial charge is 0.329 e. The maximum Gasteiger partial charge on any atom is 0.329 e. The van der Waals surface area contributed by atoms with E-state index >= 15 is 0 Å². The molecule has 1 aromatic heterocycles. The molecule has 0 bridgehead atoms. The van der Waals surface area contributed by atoms with Crippen LogP contribution >= 0.6 is 0 Å². The Morgan fingerprint density at radius 3 is 1.79 bits per heavy atom. The number of hydrogen-bond acceptors (Lipinski definition) is 10. The van der Waals surface area contributed by atoms with Crippen molar-refractivity contribution in [1.82, 2.24) is 4.98 Å². The number of carboxylic acids is 1. The first kappa shape index (κ1) is 31.7. The minimum Gasteiger partial charge on any atom is -0.493 e. The van der Waals surface area contributed by atoms with Crippen LogP contribution in [0.1, 0.15) is 5.56 Å². The second kappa shape index (κ2) is 13.6. The van der Waals surface area contributed by atoms with Crippen LogP contribution in [0.5, 0.6) is 28.7 Å². The topological polar surface area (TPSA) is 128 Å². The molecule has 244 valence electrons. The number of aliphatic carboxylic acids is 1. The van der Waals surface area contributed by atoms with Crippen molar-refractivity contribution in [1.29, 1.82) is 0 Å². The molecule has 0 saturated carbocycles. The van der Waals surface area contributed by atoms with Gasteiger partial charge in [-0.1, -0.05) is 17.7 Å². The van der Waals surface area contributed by atoms with Crippen LogP contribution in [0, 0.1) is 6.92 Å². The quantitative estimate of drug-likeness (QED) is 0.0997. The number of carbonyl (C=O) groups is 1. The standard InChI is InChI=1S/C36H35NO10/c1-20-6-8-21(9-7-20)36-37-34-33-25-17-30(46-13-12-44-10-11-45-19-32(38)39)29(42-4)16-24(25)22-14-27(40-2)28(41-3)15-23(22)26(33)18-31(43-5)35(34)47-36/h6-9,14-18H,10-13,19H2,1-5H3,(H,38,39). The summed E-state index contributed by atoms with van der Waals surface area (Å²) in [6.45, 7) is 2.56. The Labute approximate surface area is 270 Å². The van der Waals surface area contributed by atoms with E-state index in [1.807, 2.05) is 61.5 Å². The molecule has 11 heteroatoms. The molecular weight excluding hydrogens is 606 g/mol. The number of aryl methyl sites for hydroxylation is 1. The average molecular weight is 642 g/mol. The first-order valence-electron chi connectivity index (χ1n) is 14.9. The minimum absolute atomic E-state index is 0.167. The highest BCUT2D eigenvalue weighted by Crippen LogP contribution is 2.48. The molecule has 47 heavy (non-hydrogen) atoms. The summed E-state index contributed by atoms with van der Waals surface area (Å²) in [5, 5.41) is 14.0. The fourth-order valence-corrected chi connectivity index (χ4v) is 5.69. The van der Waals surface area contributed by atoms with Gasteiger partial charge in [-0.05, 0) is 76.3 Å². The summed E-state index contributed by atoms with van der Waals surface area (Å²) in [5.74, 6) is 2.20. The van der Waals surface area contributed by atoms with Gasteiger partial charge in [-0.3, -0.25) is 0 Å². The minimum atomic E-state index is -1.03. The number of ether oxygens (including phenoxy) is 7. The Hall–Kier alpha value is -5.26. The molecule has 1 N–H and O–H groups in total. The van der Waals surface area contributed by atoms with Gasteiger partial charge in [-0.2, -0.15) is 0 Å². The summed E-state index contributed by atoms with van der Waals surface area (Å²) in [6, 6.07) is 17.7. The highest BCUT2D eigenvalue weighted by atomic mass is 16.6. The van der Waals surface area contributed by atoms with Gasteiger partial charge in [-0.15, -0.1) is 0 Å². The Morgan fingerprint density at radius 1 is 0.681 bits per heavy atom. The second-order valence-corrected chi connectivity index (χ2v) is 10.8. The molecule has 0 spiro atoms. The van der Waals surface area contributed by atoms with Crippen molar-refractivity contribution in [3.63, 3.8) is 0 Å². The third-order valence-electron chi connectivity index (χ3n) is 7.91. The molecule has 1 heterocycles. The van der Waals surface area contributed by atoms with Crippen molar-refractivity contribution in [2.45, 2.75) is 6.92 Å². The number of benzene rings is 5. The number of aromatic nitrogens is 1. The highest BCUT2D eigenvalue weighted by molar-refractivity contribution is 6.32. The molecule has 0 atom stereocenters. The largest absolute Gasteiger partial charge is 0.493 e. The number of rotatable bonds is 14. The van der Waals surface area contributed by atoms with E-state index in [2.05, 4.69) is 0 Å². The lowest BCUT2D eigenvalue weighted by Gasteiger charge is -2.18. The molecule has 0 aliphatic rings. The molecular formula is C36H35NO10. The molecule has 0 fully saturated rings. The van der Waals surface area contributed by atoms with Crippen molar-refractivity contribution < 1.29 is 47.5 Å². The summed E-state index contributed by atoms with van der Waals surface area (Å²) in [6.07, 6.45) is 0. The van der Waals surface area contributed by atoms with Gasteiger partial charge >= 0.3 is 5.97 Å². The molecule has 0 radical (unpaired) electrons. The second-order valence-electron chi connectivity index (χ2n) is 10.8. The SMILES string of the molecule is COc1cc2c3cc(OC)c(OCCOCCOCC(=O)O)cc3c3c(cc(OC)c4oc(-c5ccc(C)cc5)nc43)c2cc1OC. The fourth-order valence-electron chi connectivity index (χ4n) is 5.69. The van der Waals surface area contributed by atoms with Crippen molar-refractivity contribution >= 4 is 49.4 Å². The number of nitrogens with zero attached hydrogens (tertiary/aromatic N) is 1. The summed E-state index contributed by atoms with van der Waals surface area (Å²) >= 11 is 0. The summed E-state index contributed by atoms with van der Waals surface area (Å²) in [7, 11) is 6.41. The third kappa shape index (κ3) is 6.15. The van der Waals surface area contributed by atoms with E-state index in [-0.39, 0.29) is 33.0 Å². The molecule has 0 aliphatic carbocycles. The predicted molar refractivity (Wildman–Crippen MR) is 178 cm³/mol. The van der Waals surface area contributed by atoms with E-state index in [1.165, 1.54) is 0 Å². The van der Waals surface area contributed by atoms with Gasteiger partial charge in [0.05, 0.1) is 48.3 Å². The van der Waals surface area contributed by atoms with Crippen molar-refractivity contribution in [3.8, 4) is 40.2 Å². The molecule has 0 aliphatic heterocycles. The van der Waals surface area contributed by atoms with E-state index in [4.69, 9.17) is 47.7 Å². The van der Waals surface area contributed by atoms with Crippen LogP contribution < -0.4 is 23.7 Å². The number of methoxy groups -OCH3 is 4. The van der Waals surface area contributed by atoms with Crippen molar-refractivity contribution in [2.75, 3.05) is 61.5 Å². The Balaban J connectivity index is 1.54. The Bertz CT molecular complexity index is 2080. The number of hydrogen-bond donors (Lipinski definition) is 1. The fraction of sp³-hybridized carbons (Fsp3) is 0.278. The van der Waals surface area contributed by atoms with E-state index in [0.29, 0.717) is 45.7 Å². The van der Waals surface area contributed by atoms with Crippen LogP contribution in [-0.4, -0.2) is 77.5 Å². The van der Waals surface area contributed by atoms with E-state index < -0.39 is 5.97 Å². The van der Waals surface area contributed by atoms with Gasteiger partial charge in [0.25, 0.3) is 0 Å². The van der Waals surface area contributed by atoms with Crippen LogP contribution in [-0.2, 0) is 14.3 Å². The van der Waals surface area contributed by atoms with Crippen LogP contribution in [0.4, 0.5) is 0 Å². The zero-order chi connectivity index (χ0) is 33.1. The van der Waals surface area contributed by atoms with Crippen LogP contribution in [0.3, 0.4) is 0 Å². The van der Waals surface area contributed by atoms with Gasteiger partial charge in [-0.25, -0.2) is 9.78 Å². The number of carboxylic acid groups (broad SMARTS) is 1. The van der Waals surface area contributed by atoms with Crippen molar-refractivity contribution in [3.05, 3.63) is 60.2 Å². The van der Waals surface area contributed by atoms with Gasteiger partial charge in [0.2, 0.25) is 5.89 Å². The molecule has 5 aromatic carbocycles. The van der Waals surface area contributed by atoms with E-state index in [0.717, 1.165) is 43.4 Å². The maximum atomic E-state index is 10.6. The lowest BCUT2D eigenvalue weighted by atomic mass is 9.92. The number of fused-ring (bicyclic) bond motifs is 8. The maximum absolute atomic E-state index is 10.6. The predicted octanol–water partition coefficient (Wildman–Crippen LogP) is 6.79. The van der Waals surface area contributed by atoms with Gasteiger partial charge in [0.15, 0.2) is 34.3 Å². The van der Waals surface area contributed by atoms with Gasteiger partial charge < -0.3 is 42.7 Å². The third-order valence-corrected chi connectivity index (χ3v) is 7.91. The normalized spacial score (nSPS) is 11.4. The lowest BCUT2D eigenvalue weighted by Crippen LogP contribution is -2.14. The van der Waals surface area contributed by atoms with Crippen LogP contribution in [0.15, 0.2) is 59.0 Å². The van der Waals surface area contributed by atoms with Crippen molar-refractivity contribution in [2.24, 2.45) is 0 Å². The zero-order valence-electron chi connectivity index (χ0n) is 26.8. The molecule has 11 nitrogen and oxygen atoms in total. The zero-order valence-corrected chi connectivity index (χ0v) is 26.8. The van der Waals surface area contributed by atoms with Gasteiger partial charge in [0, 0.05) is 10.9 Å². The molecule has 0 amide bonds. The average Bonchev–Trinajstić information content (AvgIpc) is 3.53. The first-order valence-corrected chi connectivity index (χ1v) is 14.9. The highest BCUT2D eigenvalue weighted by Gasteiger charge is 2.23. The van der Waals surface area contributed by atoms with Crippen LogP contribution in [0.2, 0.25) is 0 Å². The van der Waals surface area contributed by atoms with Crippen LogP contribution in [0.25, 0.3) is 54.9 Å². The van der Waals surface area contributed by atoms with Gasteiger partial charge in [0.1, 0.15) is 18.7 Å². The van der Waals surface area contributed by atoms with E-state index in [9.17, 15) is 4.79 Å². The lowest BCUT2D eigenvalue weighted by molar-refractivity contribution is -0.142. The monoisotopic (exact) mass is 641 g/mol. The first-order chi connectivity index (χ1) is 22.9. The molecule has 0 unspecified atom stereocenters. The summed E-state index contributed by atoms with van der Waals surface area (Å²) < 4.78 is 46.2. The molecule has 6 aromatic rings. The Morgan fingerprint density at radius 2 is 1.19 bits per heavy atom. The Kier molecular flexibility index (Phi) is 9.19. The number of oxazole rings is 1. The van der Waals surface area contributed by atoms with E-state index in [1.54, 1.807) is 28.4 Å². The molecule has 0 saturated heterocycles.